The monoisotopic (exact) mass is 413 g/mol. The van der Waals surface area contributed by atoms with Crippen molar-refractivity contribution in [2.75, 3.05) is 25.8 Å². The Hall–Kier alpha value is -2.83. The van der Waals surface area contributed by atoms with E-state index in [0.717, 1.165) is 36.3 Å². The second-order valence-electron chi connectivity index (χ2n) is 6.63. The second kappa shape index (κ2) is 14.2. The van der Waals surface area contributed by atoms with Gasteiger partial charge >= 0.3 is 5.97 Å². The molecule has 30 heavy (non-hydrogen) atoms. The van der Waals surface area contributed by atoms with Gasteiger partial charge in [-0.05, 0) is 62.1 Å². The maximum Gasteiger partial charge on any atom is 0.330 e. The molecule has 6 nitrogen and oxygen atoms in total. The van der Waals surface area contributed by atoms with E-state index in [1.807, 2.05) is 54.6 Å². The van der Waals surface area contributed by atoms with Crippen LogP contribution in [0.2, 0.25) is 0 Å². The molecular weight excluding hydrogens is 382 g/mol. The standard InChI is InChI=1S/C24H31NO5/c1-3-29-24(26)17-16-23(30-25-21-9-5-4-6-10-21)11-7-8-18-28-19-20-12-14-22(27-2)15-13-20/h4-6,9-10,12-17,23,25H,3,7-8,11,18-19H2,1-2H3/b17-16+/t23-/m1/s1. The number of hydrogen-bond donors (Lipinski definition) is 1. The van der Waals surface area contributed by atoms with Crippen LogP contribution in [0.1, 0.15) is 31.7 Å². The smallest absolute Gasteiger partial charge is 0.330 e. The van der Waals surface area contributed by atoms with E-state index in [1.54, 1.807) is 20.1 Å². The number of benzene rings is 2. The van der Waals surface area contributed by atoms with E-state index in [2.05, 4.69) is 5.48 Å². The molecule has 0 amide bonds. The molecule has 2 rings (SSSR count). The van der Waals surface area contributed by atoms with Crippen molar-refractivity contribution in [1.82, 2.24) is 0 Å². The zero-order chi connectivity index (χ0) is 21.4. The van der Waals surface area contributed by atoms with Crippen LogP contribution in [0.15, 0.2) is 66.7 Å². The number of hydrogen-bond acceptors (Lipinski definition) is 6. The molecular formula is C24H31NO5. The van der Waals surface area contributed by atoms with Gasteiger partial charge in [0.2, 0.25) is 0 Å². The Morgan fingerprint density at radius 1 is 1.07 bits per heavy atom. The van der Waals surface area contributed by atoms with Crippen LogP contribution < -0.4 is 10.2 Å². The Bertz CT molecular complexity index is 746. The maximum absolute atomic E-state index is 11.6. The predicted octanol–water partition coefficient (Wildman–Crippen LogP) is 4.91. The molecule has 2 aromatic carbocycles. The van der Waals surface area contributed by atoms with Crippen LogP contribution in [0.5, 0.6) is 5.75 Å². The van der Waals surface area contributed by atoms with Crippen molar-refractivity contribution in [2.45, 2.75) is 38.9 Å². The van der Waals surface area contributed by atoms with Crippen LogP contribution in [0.4, 0.5) is 5.69 Å². The summed E-state index contributed by atoms with van der Waals surface area (Å²) < 4.78 is 15.8. The van der Waals surface area contributed by atoms with Crippen LogP contribution in [-0.4, -0.2) is 32.4 Å². The van der Waals surface area contributed by atoms with Crippen LogP contribution in [0.3, 0.4) is 0 Å². The van der Waals surface area contributed by atoms with Crippen LogP contribution in [0.25, 0.3) is 0 Å². The number of unbranched alkanes of at least 4 members (excludes halogenated alkanes) is 1. The molecule has 162 valence electrons. The highest BCUT2D eigenvalue weighted by Gasteiger charge is 2.08. The summed E-state index contributed by atoms with van der Waals surface area (Å²) in [5.74, 6) is 0.471. The lowest BCUT2D eigenvalue weighted by atomic mass is 10.1. The number of nitrogens with one attached hydrogen (secondary N) is 1. The van der Waals surface area contributed by atoms with Gasteiger partial charge in [0, 0.05) is 12.7 Å². The van der Waals surface area contributed by atoms with Gasteiger partial charge < -0.3 is 14.2 Å². The molecule has 0 saturated heterocycles. The third-order valence-corrected chi connectivity index (χ3v) is 4.29. The minimum absolute atomic E-state index is 0.254. The number of esters is 1. The zero-order valence-corrected chi connectivity index (χ0v) is 17.7. The highest BCUT2D eigenvalue weighted by Crippen LogP contribution is 2.13. The fourth-order valence-electron chi connectivity index (χ4n) is 2.68. The van der Waals surface area contributed by atoms with Crippen molar-refractivity contribution >= 4 is 11.7 Å². The Kier molecular flexibility index (Phi) is 11.1. The van der Waals surface area contributed by atoms with Crippen molar-refractivity contribution in [3.8, 4) is 5.75 Å². The average Bonchev–Trinajstić information content (AvgIpc) is 2.78. The summed E-state index contributed by atoms with van der Waals surface area (Å²) in [5.41, 5.74) is 4.91. The molecule has 6 heteroatoms. The van der Waals surface area contributed by atoms with Crippen molar-refractivity contribution < 1.29 is 23.8 Å². The summed E-state index contributed by atoms with van der Waals surface area (Å²) in [6.07, 6.45) is 5.44. The molecule has 0 aliphatic heterocycles. The molecule has 2 aromatic rings. The molecule has 1 atom stereocenters. The minimum atomic E-state index is -0.367. The summed E-state index contributed by atoms with van der Waals surface area (Å²) in [5, 5.41) is 0. The molecule has 1 N–H and O–H groups in total. The first-order valence-electron chi connectivity index (χ1n) is 10.2. The molecule has 0 spiro atoms. The Morgan fingerprint density at radius 3 is 2.53 bits per heavy atom. The van der Waals surface area contributed by atoms with E-state index in [0.29, 0.717) is 19.8 Å². The van der Waals surface area contributed by atoms with Crippen LogP contribution in [0, 0.1) is 0 Å². The topological polar surface area (TPSA) is 66.0 Å². The van der Waals surface area contributed by atoms with Gasteiger partial charge in [-0.2, -0.15) is 0 Å². The van der Waals surface area contributed by atoms with Gasteiger partial charge in [-0.25, -0.2) is 4.79 Å². The normalized spacial score (nSPS) is 11.9. The van der Waals surface area contributed by atoms with E-state index in [-0.39, 0.29) is 12.1 Å². The molecule has 0 aromatic heterocycles. The lowest BCUT2D eigenvalue weighted by Crippen LogP contribution is -2.16. The molecule has 0 unspecified atom stereocenters. The minimum Gasteiger partial charge on any atom is -0.497 e. The van der Waals surface area contributed by atoms with Crippen LogP contribution in [-0.2, 0) is 25.7 Å². The number of para-hydroxylation sites is 1. The molecule has 0 aliphatic carbocycles. The zero-order valence-electron chi connectivity index (χ0n) is 17.7. The van der Waals surface area contributed by atoms with Gasteiger partial charge in [0.15, 0.2) is 0 Å². The predicted molar refractivity (Wildman–Crippen MR) is 117 cm³/mol. The summed E-state index contributed by atoms with van der Waals surface area (Å²) >= 11 is 0. The molecule has 0 heterocycles. The SMILES string of the molecule is CCOC(=O)/C=C/[C@@H](CCCCOCc1ccc(OC)cc1)ONc1ccccc1. The van der Waals surface area contributed by atoms with E-state index in [1.165, 1.54) is 6.08 Å². The van der Waals surface area contributed by atoms with Gasteiger partial charge in [-0.3, -0.25) is 10.3 Å². The third-order valence-electron chi connectivity index (χ3n) is 4.29. The lowest BCUT2D eigenvalue weighted by molar-refractivity contribution is -0.137. The third kappa shape index (κ3) is 9.58. The Labute approximate surface area is 178 Å². The first-order chi connectivity index (χ1) is 14.7. The maximum atomic E-state index is 11.6. The number of anilines is 1. The van der Waals surface area contributed by atoms with Gasteiger partial charge in [0.05, 0.1) is 26.0 Å². The van der Waals surface area contributed by atoms with Crippen LogP contribution >= 0.6 is 0 Å². The van der Waals surface area contributed by atoms with Gasteiger partial charge in [0.25, 0.3) is 0 Å². The summed E-state index contributed by atoms with van der Waals surface area (Å²) in [7, 11) is 1.65. The number of carbonyl (C=O) groups excluding carboxylic acids is 1. The van der Waals surface area contributed by atoms with E-state index >= 15 is 0 Å². The number of ether oxygens (including phenoxy) is 3. The molecule has 0 radical (unpaired) electrons. The lowest BCUT2D eigenvalue weighted by Gasteiger charge is -2.15. The molecule has 0 fully saturated rings. The van der Waals surface area contributed by atoms with Gasteiger partial charge in [0.1, 0.15) is 11.9 Å². The fourth-order valence-corrected chi connectivity index (χ4v) is 2.68. The molecule has 0 saturated carbocycles. The average molecular weight is 414 g/mol. The van der Waals surface area contributed by atoms with E-state index < -0.39 is 0 Å². The first-order valence-corrected chi connectivity index (χ1v) is 10.2. The van der Waals surface area contributed by atoms with Crippen molar-refractivity contribution in [3.05, 3.63) is 72.3 Å². The molecule has 0 aliphatic rings. The summed E-state index contributed by atoms with van der Waals surface area (Å²) in [4.78, 5) is 17.4. The summed E-state index contributed by atoms with van der Waals surface area (Å²) in [6, 6.07) is 17.5. The van der Waals surface area contributed by atoms with Crippen molar-refractivity contribution in [2.24, 2.45) is 0 Å². The van der Waals surface area contributed by atoms with Gasteiger partial charge in [-0.15, -0.1) is 0 Å². The highest BCUT2D eigenvalue weighted by molar-refractivity contribution is 5.81. The highest BCUT2D eigenvalue weighted by atomic mass is 16.7. The number of methoxy groups -OCH3 is 1. The summed E-state index contributed by atoms with van der Waals surface area (Å²) in [6.45, 7) is 3.36. The number of rotatable bonds is 14. The second-order valence-corrected chi connectivity index (χ2v) is 6.63. The number of carbonyl (C=O) groups is 1. The van der Waals surface area contributed by atoms with Gasteiger partial charge in [-0.1, -0.05) is 30.3 Å². The first kappa shape index (κ1) is 23.4. The Balaban J connectivity index is 1.71. The van der Waals surface area contributed by atoms with Crippen molar-refractivity contribution in [3.63, 3.8) is 0 Å². The Morgan fingerprint density at radius 2 is 1.83 bits per heavy atom. The fraction of sp³-hybridized carbons (Fsp3) is 0.375. The quantitative estimate of drug-likeness (QED) is 0.205. The molecule has 0 bridgehead atoms. The van der Waals surface area contributed by atoms with E-state index in [9.17, 15) is 4.79 Å². The largest absolute Gasteiger partial charge is 0.497 e. The van der Waals surface area contributed by atoms with E-state index in [4.69, 9.17) is 19.0 Å². The van der Waals surface area contributed by atoms with Crippen molar-refractivity contribution in [1.29, 1.82) is 0 Å².